The Kier molecular flexibility index (Phi) is 8.09. The van der Waals surface area contributed by atoms with E-state index in [0.29, 0.717) is 62.1 Å². The highest BCUT2D eigenvalue weighted by Gasteiger charge is 2.37. The lowest BCUT2D eigenvalue weighted by atomic mass is 9.91. The van der Waals surface area contributed by atoms with Crippen molar-refractivity contribution < 1.29 is 28.9 Å². The molecule has 0 aromatic heterocycles. The van der Waals surface area contributed by atoms with Crippen molar-refractivity contribution in [2.45, 2.75) is 26.4 Å². The van der Waals surface area contributed by atoms with Crippen LogP contribution in [0.3, 0.4) is 0 Å². The number of aliphatic hydroxyl groups is 2. The van der Waals surface area contributed by atoms with E-state index in [1.165, 1.54) is 17.9 Å². The number of thiocarbonyl (C=S) groups is 1. The first kappa shape index (κ1) is 25.1. The molecule has 0 spiro atoms. The number of ether oxygens (including phenoxy) is 1. The minimum atomic E-state index is -1.23. The molecular formula is C22H31FN4O5S. The van der Waals surface area contributed by atoms with Crippen molar-refractivity contribution >= 4 is 40.6 Å². The molecule has 2 aliphatic rings. The molecule has 9 nitrogen and oxygen atoms in total. The highest BCUT2D eigenvalue weighted by Crippen LogP contribution is 2.29. The van der Waals surface area contributed by atoms with Crippen molar-refractivity contribution in [1.82, 2.24) is 10.2 Å². The molecule has 0 saturated carbocycles. The van der Waals surface area contributed by atoms with Crippen LogP contribution < -0.4 is 15.1 Å². The van der Waals surface area contributed by atoms with Crippen LogP contribution in [0, 0.1) is 11.2 Å². The smallest absolute Gasteiger partial charge is 0.414 e. The maximum atomic E-state index is 15.0. The number of carbonyl (C=O) groups excluding carboxylic acids is 2. The molecule has 182 valence electrons. The fourth-order valence-corrected chi connectivity index (χ4v) is 3.91. The third-order valence-electron chi connectivity index (χ3n) is 6.09. The van der Waals surface area contributed by atoms with Gasteiger partial charge in [0.1, 0.15) is 11.9 Å². The minimum absolute atomic E-state index is 0.298. The van der Waals surface area contributed by atoms with Gasteiger partial charge in [0.05, 0.1) is 48.1 Å². The maximum Gasteiger partial charge on any atom is 0.414 e. The van der Waals surface area contributed by atoms with Gasteiger partial charge in [0.2, 0.25) is 5.91 Å². The first-order valence-corrected chi connectivity index (χ1v) is 11.4. The van der Waals surface area contributed by atoms with Gasteiger partial charge in [-0.05, 0) is 31.5 Å². The number of anilines is 2. The van der Waals surface area contributed by atoms with Gasteiger partial charge in [0.25, 0.3) is 0 Å². The van der Waals surface area contributed by atoms with Crippen LogP contribution in [0.5, 0.6) is 0 Å². The summed E-state index contributed by atoms with van der Waals surface area (Å²) < 4.78 is 20.3. The lowest BCUT2D eigenvalue weighted by Crippen LogP contribution is -2.54. The number of amides is 2. The van der Waals surface area contributed by atoms with Crippen LogP contribution >= 0.6 is 12.2 Å². The summed E-state index contributed by atoms with van der Waals surface area (Å²) in [6.45, 7) is 4.78. The molecule has 1 aromatic rings. The second-order valence-electron chi connectivity index (χ2n) is 8.57. The molecule has 33 heavy (non-hydrogen) atoms. The third kappa shape index (κ3) is 5.53. The Morgan fingerprint density at radius 3 is 2.52 bits per heavy atom. The topological polar surface area (TPSA) is 106 Å². The molecule has 0 radical (unpaired) electrons. The molecule has 2 saturated heterocycles. The summed E-state index contributed by atoms with van der Waals surface area (Å²) in [5, 5.41) is 22.0. The second-order valence-corrected chi connectivity index (χ2v) is 9.06. The number of hydrogen-bond donors (Lipinski definition) is 3. The quantitative estimate of drug-likeness (QED) is 0.474. The molecule has 0 unspecified atom stereocenters. The average molecular weight is 483 g/mol. The summed E-state index contributed by atoms with van der Waals surface area (Å²) in [6.07, 6.45) is -0.199. The molecule has 2 heterocycles. The van der Waals surface area contributed by atoms with Crippen LogP contribution in [0.2, 0.25) is 0 Å². The summed E-state index contributed by atoms with van der Waals surface area (Å²) >= 11 is 5.12. The Morgan fingerprint density at radius 2 is 1.94 bits per heavy atom. The lowest BCUT2D eigenvalue weighted by molar-refractivity contribution is -0.146. The van der Waals surface area contributed by atoms with Gasteiger partial charge < -0.3 is 30.1 Å². The van der Waals surface area contributed by atoms with Gasteiger partial charge >= 0.3 is 6.09 Å². The first-order chi connectivity index (χ1) is 15.7. The van der Waals surface area contributed by atoms with Gasteiger partial charge in [-0.25, -0.2) is 9.18 Å². The van der Waals surface area contributed by atoms with E-state index in [1.54, 1.807) is 17.0 Å². The fraction of sp³-hybridized carbons (Fsp3) is 0.591. The number of cyclic esters (lactones) is 1. The summed E-state index contributed by atoms with van der Waals surface area (Å²) in [5.74, 6) is -0.788. The van der Waals surface area contributed by atoms with Crippen molar-refractivity contribution in [3.8, 4) is 0 Å². The Hall–Kier alpha value is -2.50. The molecule has 1 aromatic carbocycles. The highest BCUT2D eigenvalue weighted by atomic mass is 32.1. The number of aliphatic hydroxyl groups excluding tert-OH is 2. The highest BCUT2D eigenvalue weighted by molar-refractivity contribution is 7.80. The third-order valence-corrected chi connectivity index (χ3v) is 6.52. The lowest BCUT2D eigenvalue weighted by Gasteiger charge is -2.39. The van der Waals surface area contributed by atoms with E-state index >= 15 is 0 Å². The summed E-state index contributed by atoms with van der Waals surface area (Å²) in [7, 11) is 0. The van der Waals surface area contributed by atoms with Gasteiger partial charge in [-0.3, -0.25) is 9.69 Å². The van der Waals surface area contributed by atoms with E-state index in [-0.39, 0.29) is 12.0 Å². The van der Waals surface area contributed by atoms with E-state index in [9.17, 15) is 24.2 Å². The number of rotatable bonds is 8. The zero-order chi connectivity index (χ0) is 24.2. The molecule has 2 aliphatic heterocycles. The van der Waals surface area contributed by atoms with Crippen molar-refractivity contribution in [3.05, 3.63) is 24.0 Å². The van der Waals surface area contributed by atoms with Crippen LogP contribution in [0.15, 0.2) is 18.2 Å². The van der Waals surface area contributed by atoms with Crippen LogP contribution in [0.1, 0.15) is 20.3 Å². The summed E-state index contributed by atoms with van der Waals surface area (Å²) in [5.41, 5.74) is -0.428. The first-order valence-electron chi connectivity index (χ1n) is 11.0. The number of nitrogens with one attached hydrogen (secondary N) is 1. The largest absolute Gasteiger partial charge is 0.442 e. The Bertz CT molecular complexity index is 890. The molecule has 1 atom stereocenters. The Morgan fingerprint density at radius 1 is 1.27 bits per heavy atom. The maximum absolute atomic E-state index is 15.0. The predicted octanol–water partition coefficient (Wildman–Crippen LogP) is 1.12. The van der Waals surface area contributed by atoms with Crippen molar-refractivity contribution in [1.29, 1.82) is 0 Å². The second kappa shape index (κ2) is 10.6. The van der Waals surface area contributed by atoms with Crippen LogP contribution in [-0.2, 0) is 9.53 Å². The number of hydrogen-bond acceptors (Lipinski definition) is 7. The van der Waals surface area contributed by atoms with E-state index in [4.69, 9.17) is 17.0 Å². The van der Waals surface area contributed by atoms with Gasteiger partial charge in [0, 0.05) is 26.2 Å². The monoisotopic (exact) mass is 482 g/mol. The average Bonchev–Trinajstić information content (AvgIpc) is 3.22. The zero-order valence-corrected chi connectivity index (χ0v) is 19.7. The number of halogens is 1. The van der Waals surface area contributed by atoms with E-state index < -0.39 is 30.5 Å². The molecular weight excluding hydrogens is 451 g/mol. The van der Waals surface area contributed by atoms with E-state index in [0.717, 1.165) is 0 Å². The van der Waals surface area contributed by atoms with E-state index in [2.05, 4.69) is 5.32 Å². The molecule has 2 amide bonds. The molecule has 3 N–H and O–H groups in total. The molecule has 2 fully saturated rings. The van der Waals surface area contributed by atoms with Gasteiger partial charge in [0.15, 0.2) is 0 Å². The number of benzene rings is 1. The fourth-order valence-electron chi connectivity index (χ4n) is 3.83. The Labute approximate surface area is 198 Å². The van der Waals surface area contributed by atoms with Gasteiger partial charge in [-0.2, -0.15) is 0 Å². The van der Waals surface area contributed by atoms with Gasteiger partial charge in [-0.15, -0.1) is 0 Å². The molecule has 3 rings (SSSR count). The standard InChI is InChI=1S/C22H31FN4O5S/c1-3-19(33)24-11-16-12-27(21(31)32-16)15-4-5-18(17(23)10-15)25-6-8-26(9-7-25)20(30)22(2,13-28)14-29/h4-5,10,16,28-29H,3,6-9,11-14H2,1-2H3,(H,24,33)/t16-/m0/s1. The zero-order valence-electron chi connectivity index (χ0n) is 18.9. The van der Waals surface area contributed by atoms with Crippen LogP contribution in [0.4, 0.5) is 20.6 Å². The summed E-state index contributed by atoms with van der Waals surface area (Å²) in [6, 6.07) is 4.62. The number of piperazine rings is 1. The van der Waals surface area contributed by atoms with Crippen molar-refractivity contribution in [3.63, 3.8) is 0 Å². The van der Waals surface area contributed by atoms with Crippen molar-refractivity contribution in [2.24, 2.45) is 5.41 Å². The number of carbonyl (C=O) groups is 2. The minimum Gasteiger partial charge on any atom is -0.442 e. The van der Waals surface area contributed by atoms with Crippen LogP contribution in [-0.4, -0.2) is 90.7 Å². The predicted molar refractivity (Wildman–Crippen MR) is 126 cm³/mol. The SMILES string of the molecule is CCC(=S)NC[C@H]1CN(c2ccc(N3CCN(C(=O)C(C)(CO)CO)CC3)c(F)c2)C(=O)O1. The number of nitrogens with zero attached hydrogens (tertiary/aromatic N) is 3. The molecule has 11 heteroatoms. The Balaban J connectivity index is 1.61. The van der Waals surface area contributed by atoms with E-state index in [1.807, 2.05) is 11.8 Å². The van der Waals surface area contributed by atoms with Crippen LogP contribution in [0.25, 0.3) is 0 Å². The van der Waals surface area contributed by atoms with Gasteiger partial charge in [-0.1, -0.05) is 19.1 Å². The van der Waals surface area contributed by atoms with Crippen molar-refractivity contribution in [2.75, 3.05) is 62.3 Å². The molecule has 0 bridgehead atoms. The molecule has 0 aliphatic carbocycles. The normalized spacial score (nSPS) is 19.0. The summed E-state index contributed by atoms with van der Waals surface area (Å²) in [4.78, 5) is 30.4.